The van der Waals surface area contributed by atoms with Gasteiger partial charge in [-0.3, -0.25) is 4.79 Å². The molecule has 1 saturated carbocycles. The number of carbonyl (C=O) groups excluding carboxylic acids is 1. The number of ether oxygens (including phenoxy) is 1. The van der Waals surface area contributed by atoms with Crippen molar-refractivity contribution in [1.82, 2.24) is 14.9 Å². The SMILES string of the molecule is COc1ccc(C2(CNC(=O)CCn3cnc4ccccc43)CCCC2)cc1. The molecule has 1 fully saturated rings. The zero-order valence-electron chi connectivity index (χ0n) is 16.4. The number of fused-ring (bicyclic) bond motifs is 1. The summed E-state index contributed by atoms with van der Waals surface area (Å²) in [4.78, 5) is 16.9. The van der Waals surface area contributed by atoms with Crippen LogP contribution in [0, 0.1) is 0 Å². The van der Waals surface area contributed by atoms with Crippen LogP contribution in [0.5, 0.6) is 5.75 Å². The fourth-order valence-electron chi connectivity index (χ4n) is 4.33. The molecule has 0 radical (unpaired) electrons. The third-order valence-corrected chi connectivity index (χ3v) is 5.99. The van der Waals surface area contributed by atoms with Crippen LogP contribution in [0.15, 0.2) is 54.9 Å². The highest BCUT2D eigenvalue weighted by Gasteiger charge is 2.35. The van der Waals surface area contributed by atoms with Crippen LogP contribution in [0.2, 0.25) is 0 Å². The molecule has 146 valence electrons. The lowest BCUT2D eigenvalue weighted by Gasteiger charge is -2.30. The van der Waals surface area contributed by atoms with Crippen molar-refractivity contribution in [3.05, 3.63) is 60.4 Å². The van der Waals surface area contributed by atoms with Gasteiger partial charge in [-0.05, 0) is 42.7 Å². The zero-order valence-corrected chi connectivity index (χ0v) is 16.4. The molecule has 1 aliphatic carbocycles. The summed E-state index contributed by atoms with van der Waals surface area (Å²) in [6, 6.07) is 16.3. The second-order valence-corrected chi connectivity index (χ2v) is 7.67. The molecule has 0 bridgehead atoms. The summed E-state index contributed by atoms with van der Waals surface area (Å²) >= 11 is 0. The van der Waals surface area contributed by atoms with E-state index in [1.54, 1.807) is 7.11 Å². The summed E-state index contributed by atoms with van der Waals surface area (Å²) in [6.07, 6.45) is 6.93. The number of aryl methyl sites for hydroxylation is 1. The third kappa shape index (κ3) is 3.75. The largest absolute Gasteiger partial charge is 0.497 e. The van der Waals surface area contributed by atoms with E-state index in [-0.39, 0.29) is 11.3 Å². The molecule has 0 atom stereocenters. The normalized spacial score (nSPS) is 15.6. The first-order valence-corrected chi connectivity index (χ1v) is 10.0. The van der Waals surface area contributed by atoms with Gasteiger partial charge in [0.1, 0.15) is 5.75 Å². The highest BCUT2D eigenvalue weighted by atomic mass is 16.5. The molecule has 4 rings (SSSR count). The molecule has 2 aromatic carbocycles. The Morgan fingerprint density at radius 2 is 1.89 bits per heavy atom. The van der Waals surface area contributed by atoms with Gasteiger partial charge in [0.05, 0.1) is 24.5 Å². The Labute approximate surface area is 165 Å². The van der Waals surface area contributed by atoms with Crippen molar-refractivity contribution >= 4 is 16.9 Å². The molecule has 5 nitrogen and oxygen atoms in total. The first-order chi connectivity index (χ1) is 13.7. The van der Waals surface area contributed by atoms with Gasteiger partial charge in [-0.15, -0.1) is 0 Å². The van der Waals surface area contributed by atoms with Crippen molar-refractivity contribution in [1.29, 1.82) is 0 Å². The molecule has 28 heavy (non-hydrogen) atoms. The van der Waals surface area contributed by atoms with E-state index < -0.39 is 0 Å². The Hall–Kier alpha value is -2.82. The fraction of sp³-hybridized carbons (Fsp3) is 0.391. The minimum atomic E-state index is 0.0453. The number of para-hydroxylation sites is 2. The van der Waals surface area contributed by atoms with Crippen molar-refractivity contribution in [2.24, 2.45) is 0 Å². The summed E-state index contributed by atoms with van der Waals surface area (Å²) in [5.74, 6) is 0.964. The summed E-state index contributed by atoms with van der Waals surface area (Å²) in [6.45, 7) is 1.34. The van der Waals surface area contributed by atoms with E-state index in [4.69, 9.17) is 4.74 Å². The highest BCUT2D eigenvalue weighted by molar-refractivity contribution is 5.77. The van der Waals surface area contributed by atoms with E-state index in [0.717, 1.165) is 29.6 Å². The Morgan fingerprint density at radius 3 is 2.64 bits per heavy atom. The summed E-state index contributed by atoms with van der Waals surface area (Å²) in [7, 11) is 1.68. The third-order valence-electron chi connectivity index (χ3n) is 5.99. The molecule has 1 aromatic heterocycles. The van der Waals surface area contributed by atoms with Gasteiger partial charge in [-0.1, -0.05) is 37.1 Å². The molecule has 1 N–H and O–H groups in total. The Bertz CT molecular complexity index is 940. The van der Waals surface area contributed by atoms with Gasteiger partial charge < -0.3 is 14.6 Å². The standard InChI is InChI=1S/C23H27N3O2/c1-28-19-10-8-18(9-11-19)23(13-4-5-14-23)16-24-22(27)12-15-26-17-25-20-6-2-3-7-21(20)26/h2-3,6-11,17H,4-5,12-16H2,1H3,(H,24,27). The number of nitrogens with zero attached hydrogens (tertiary/aromatic N) is 2. The maximum absolute atomic E-state index is 12.5. The number of nitrogens with one attached hydrogen (secondary N) is 1. The Kier molecular flexibility index (Phi) is 5.33. The first kappa shape index (κ1) is 18.5. The number of aromatic nitrogens is 2. The summed E-state index contributed by atoms with van der Waals surface area (Å²) < 4.78 is 7.33. The Balaban J connectivity index is 1.38. The van der Waals surface area contributed by atoms with E-state index in [1.165, 1.54) is 18.4 Å². The van der Waals surface area contributed by atoms with Gasteiger partial charge >= 0.3 is 0 Å². The average Bonchev–Trinajstić information content (AvgIpc) is 3.39. The number of rotatable bonds is 7. The maximum Gasteiger partial charge on any atom is 0.221 e. The minimum Gasteiger partial charge on any atom is -0.497 e. The second-order valence-electron chi connectivity index (χ2n) is 7.67. The number of hydrogen-bond donors (Lipinski definition) is 1. The molecule has 0 unspecified atom stereocenters. The minimum absolute atomic E-state index is 0.0453. The number of carbonyl (C=O) groups is 1. The first-order valence-electron chi connectivity index (χ1n) is 10.0. The smallest absolute Gasteiger partial charge is 0.221 e. The maximum atomic E-state index is 12.5. The van der Waals surface area contributed by atoms with E-state index >= 15 is 0 Å². The molecule has 0 saturated heterocycles. The topological polar surface area (TPSA) is 56.1 Å². The number of benzene rings is 2. The predicted molar refractivity (Wildman–Crippen MR) is 110 cm³/mol. The highest BCUT2D eigenvalue weighted by Crippen LogP contribution is 2.41. The molecule has 0 aliphatic heterocycles. The van der Waals surface area contributed by atoms with Gasteiger partial charge in [0.2, 0.25) is 5.91 Å². The molecule has 1 amide bonds. The van der Waals surface area contributed by atoms with Gasteiger partial charge in [0.15, 0.2) is 0 Å². The van der Waals surface area contributed by atoms with E-state index in [1.807, 2.05) is 47.3 Å². The van der Waals surface area contributed by atoms with Gasteiger partial charge in [-0.2, -0.15) is 0 Å². The summed E-state index contributed by atoms with van der Waals surface area (Å²) in [5, 5.41) is 3.20. The average molecular weight is 377 g/mol. The quantitative estimate of drug-likeness (QED) is 0.675. The monoisotopic (exact) mass is 377 g/mol. The number of methoxy groups -OCH3 is 1. The van der Waals surface area contributed by atoms with Crippen LogP contribution in [-0.2, 0) is 16.8 Å². The molecule has 1 heterocycles. The van der Waals surface area contributed by atoms with E-state index in [0.29, 0.717) is 19.5 Å². The number of hydrogen-bond acceptors (Lipinski definition) is 3. The molecular weight excluding hydrogens is 350 g/mol. The van der Waals surface area contributed by atoms with Gasteiger partial charge in [0.25, 0.3) is 0 Å². The number of amides is 1. The van der Waals surface area contributed by atoms with Gasteiger partial charge in [-0.25, -0.2) is 4.98 Å². The van der Waals surface area contributed by atoms with Crippen LogP contribution in [0.4, 0.5) is 0 Å². The molecule has 0 spiro atoms. The number of imidazole rings is 1. The van der Waals surface area contributed by atoms with Gasteiger partial charge in [0, 0.05) is 24.9 Å². The van der Waals surface area contributed by atoms with Crippen molar-refractivity contribution < 1.29 is 9.53 Å². The zero-order chi connectivity index (χ0) is 19.4. The lowest BCUT2D eigenvalue weighted by atomic mass is 9.78. The molecule has 5 heteroatoms. The van der Waals surface area contributed by atoms with Crippen molar-refractivity contribution in [2.75, 3.05) is 13.7 Å². The van der Waals surface area contributed by atoms with Crippen LogP contribution in [0.25, 0.3) is 11.0 Å². The molecule has 1 aliphatic rings. The lowest BCUT2D eigenvalue weighted by Crippen LogP contribution is -2.39. The van der Waals surface area contributed by atoms with Crippen LogP contribution in [-0.4, -0.2) is 29.1 Å². The lowest BCUT2D eigenvalue weighted by molar-refractivity contribution is -0.121. The van der Waals surface area contributed by atoms with Crippen LogP contribution in [0.1, 0.15) is 37.7 Å². The fourth-order valence-corrected chi connectivity index (χ4v) is 4.33. The summed E-state index contributed by atoms with van der Waals surface area (Å²) in [5.41, 5.74) is 3.38. The van der Waals surface area contributed by atoms with Crippen molar-refractivity contribution in [3.63, 3.8) is 0 Å². The van der Waals surface area contributed by atoms with E-state index in [9.17, 15) is 4.79 Å². The van der Waals surface area contributed by atoms with Crippen molar-refractivity contribution in [2.45, 2.75) is 44.1 Å². The predicted octanol–water partition coefficient (Wildman–Crippen LogP) is 4.06. The second kappa shape index (κ2) is 8.05. The van der Waals surface area contributed by atoms with Crippen LogP contribution in [0.3, 0.4) is 0 Å². The molecular formula is C23H27N3O2. The van der Waals surface area contributed by atoms with E-state index in [2.05, 4.69) is 22.4 Å². The molecule has 3 aromatic rings. The van der Waals surface area contributed by atoms with Crippen LogP contribution >= 0.6 is 0 Å². The van der Waals surface area contributed by atoms with Crippen molar-refractivity contribution in [3.8, 4) is 5.75 Å². The Morgan fingerprint density at radius 1 is 1.14 bits per heavy atom. The van der Waals surface area contributed by atoms with Crippen LogP contribution < -0.4 is 10.1 Å².